The van der Waals surface area contributed by atoms with Crippen LogP contribution in [0.5, 0.6) is 5.75 Å². The number of ketones is 1. The van der Waals surface area contributed by atoms with Gasteiger partial charge in [0, 0.05) is 17.2 Å². The van der Waals surface area contributed by atoms with Gasteiger partial charge in [-0.25, -0.2) is 8.42 Å². The summed E-state index contributed by atoms with van der Waals surface area (Å²) in [6.45, 7) is 0.786. The number of pyridine rings is 1. The molecule has 5 rings (SSSR count). The van der Waals surface area contributed by atoms with Gasteiger partial charge in [-0.3, -0.25) is 14.6 Å². The first-order valence-corrected chi connectivity index (χ1v) is 13.4. The van der Waals surface area contributed by atoms with Gasteiger partial charge in [-0.2, -0.15) is 4.31 Å². The fourth-order valence-corrected chi connectivity index (χ4v) is 6.39. The number of sulfonamides is 1. The predicted molar refractivity (Wildman–Crippen MR) is 133 cm³/mol. The maximum Gasteiger partial charge on any atom is 0.299 e. The molecule has 1 unspecified atom stereocenters. The summed E-state index contributed by atoms with van der Waals surface area (Å²) in [6, 6.07) is 15.0. The zero-order chi connectivity index (χ0) is 24.6. The van der Waals surface area contributed by atoms with Crippen molar-refractivity contribution in [1.29, 1.82) is 0 Å². The third kappa shape index (κ3) is 4.61. The molecular weight excluding hydrogens is 534 g/mol. The first-order chi connectivity index (χ1) is 16.8. The molecule has 3 heterocycles. The summed E-state index contributed by atoms with van der Waals surface area (Å²) in [5.41, 5.74) is 1.38. The number of ether oxygens (including phenoxy) is 1. The number of nitrogens with zero attached hydrogens (tertiary/aromatic N) is 3. The van der Waals surface area contributed by atoms with Crippen molar-refractivity contribution in [3.63, 3.8) is 0 Å². The number of carbonyl (C=O) groups excluding carboxylic acids is 2. The minimum atomic E-state index is -3.89. The number of aromatic nitrogens is 1. The fraction of sp³-hybridized carbons (Fsp3) is 0.240. The molecule has 0 bridgehead atoms. The van der Waals surface area contributed by atoms with E-state index in [0.717, 1.165) is 10.0 Å². The van der Waals surface area contributed by atoms with Gasteiger partial charge in [-0.15, -0.1) is 0 Å². The molecule has 1 amide bonds. The van der Waals surface area contributed by atoms with Crippen molar-refractivity contribution < 1.29 is 22.7 Å². The van der Waals surface area contributed by atoms with Crippen LogP contribution in [0.3, 0.4) is 0 Å². The molecule has 35 heavy (non-hydrogen) atoms. The number of anilines is 1. The SMILES string of the molecule is O=C1C(=O)N(Cc2ccc(Br)cc2)c2ccc(S(=O)(=O)N3CCCC3COc3cccnc3)cc21. The Hall–Kier alpha value is -3.08. The van der Waals surface area contributed by atoms with Crippen molar-refractivity contribution in [3.8, 4) is 5.75 Å². The van der Waals surface area contributed by atoms with Gasteiger partial charge < -0.3 is 9.64 Å². The molecule has 1 fully saturated rings. The summed E-state index contributed by atoms with van der Waals surface area (Å²) in [5, 5.41) is 0. The monoisotopic (exact) mass is 555 g/mol. The highest BCUT2D eigenvalue weighted by atomic mass is 79.9. The van der Waals surface area contributed by atoms with Gasteiger partial charge in [0.05, 0.1) is 34.9 Å². The Bertz CT molecular complexity index is 1380. The van der Waals surface area contributed by atoms with E-state index in [-0.39, 0.29) is 29.7 Å². The lowest BCUT2D eigenvalue weighted by atomic mass is 10.1. The van der Waals surface area contributed by atoms with Crippen molar-refractivity contribution in [1.82, 2.24) is 9.29 Å². The number of hydrogen-bond donors (Lipinski definition) is 0. The molecule has 1 saturated heterocycles. The summed E-state index contributed by atoms with van der Waals surface area (Å²) in [6.07, 6.45) is 4.60. The smallest absolute Gasteiger partial charge is 0.299 e. The molecule has 0 saturated carbocycles. The van der Waals surface area contributed by atoms with E-state index >= 15 is 0 Å². The Balaban J connectivity index is 1.38. The number of carbonyl (C=O) groups is 2. The Morgan fingerprint density at radius 1 is 1.09 bits per heavy atom. The molecule has 0 aliphatic carbocycles. The molecule has 1 atom stereocenters. The van der Waals surface area contributed by atoms with Crippen molar-refractivity contribution in [2.75, 3.05) is 18.1 Å². The second-order valence-electron chi connectivity index (χ2n) is 8.44. The van der Waals surface area contributed by atoms with Gasteiger partial charge in [0.2, 0.25) is 10.0 Å². The molecule has 0 radical (unpaired) electrons. The summed E-state index contributed by atoms with van der Waals surface area (Å²) < 4.78 is 35.1. The fourth-order valence-electron chi connectivity index (χ4n) is 4.42. The zero-order valence-corrected chi connectivity index (χ0v) is 21.0. The number of fused-ring (bicyclic) bond motifs is 1. The Kier molecular flexibility index (Phi) is 6.43. The average molecular weight is 556 g/mol. The highest BCUT2D eigenvalue weighted by Gasteiger charge is 2.40. The van der Waals surface area contributed by atoms with Gasteiger partial charge in [-0.1, -0.05) is 28.1 Å². The molecule has 10 heteroatoms. The lowest BCUT2D eigenvalue weighted by molar-refractivity contribution is -0.114. The highest BCUT2D eigenvalue weighted by molar-refractivity contribution is 9.10. The number of Topliss-reactive ketones (excluding diaryl/α,β-unsaturated/α-hetero) is 1. The maximum absolute atomic E-state index is 13.5. The highest BCUT2D eigenvalue weighted by Crippen LogP contribution is 2.34. The number of hydrogen-bond acceptors (Lipinski definition) is 6. The lowest BCUT2D eigenvalue weighted by Crippen LogP contribution is -2.39. The molecule has 1 aromatic heterocycles. The van der Waals surface area contributed by atoms with E-state index in [1.165, 1.54) is 21.3 Å². The van der Waals surface area contributed by atoms with E-state index in [1.807, 2.05) is 24.3 Å². The van der Waals surface area contributed by atoms with E-state index in [1.54, 1.807) is 30.6 Å². The Morgan fingerprint density at radius 2 is 1.89 bits per heavy atom. The van der Waals surface area contributed by atoms with Crippen LogP contribution in [-0.2, 0) is 21.4 Å². The quantitative estimate of drug-likeness (QED) is 0.411. The standard InChI is InChI=1S/C25H22BrN3O5S/c26-18-7-5-17(6-8-18)15-28-23-10-9-21(13-22(23)24(30)25(28)31)35(32,33)29-12-2-3-19(29)16-34-20-4-1-11-27-14-20/h1,4-11,13-14,19H,2-3,12,15-16H2. The van der Waals surface area contributed by atoms with Crippen LogP contribution in [-0.4, -0.2) is 48.6 Å². The van der Waals surface area contributed by atoms with Crippen LogP contribution in [0.4, 0.5) is 5.69 Å². The van der Waals surface area contributed by atoms with Crippen molar-refractivity contribution in [2.45, 2.75) is 30.3 Å². The van der Waals surface area contributed by atoms with Gasteiger partial charge in [0.25, 0.3) is 11.7 Å². The predicted octanol–water partition coefficient (Wildman–Crippen LogP) is 3.81. The molecule has 180 valence electrons. The second-order valence-corrected chi connectivity index (χ2v) is 11.2. The Labute approximate surface area is 211 Å². The number of halogens is 1. The molecule has 2 aromatic carbocycles. The molecule has 3 aromatic rings. The zero-order valence-electron chi connectivity index (χ0n) is 18.6. The second kappa shape index (κ2) is 9.52. The number of amides is 1. The van der Waals surface area contributed by atoms with Gasteiger partial charge in [0.1, 0.15) is 12.4 Å². The first-order valence-electron chi connectivity index (χ1n) is 11.1. The largest absolute Gasteiger partial charge is 0.490 e. The van der Waals surface area contributed by atoms with E-state index in [2.05, 4.69) is 20.9 Å². The molecule has 2 aliphatic rings. The summed E-state index contributed by atoms with van der Waals surface area (Å²) in [4.78, 5) is 30.8. The summed E-state index contributed by atoms with van der Waals surface area (Å²) >= 11 is 3.38. The minimum absolute atomic E-state index is 0.00355. The van der Waals surface area contributed by atoms with Crippen LogP contribution in [0.25, 0.3) is 0 Å². The third-order valence-corrected chi connectivity index (χ3v) is 8.68. The maximum atomic E-state index is 13.5. The van der Waals surface area contributed by atoms with E-state index < -0.39 is 21.7 Å². The lowest BCUT2D eigenvalue weighted by Gasteiger charge is -2.24. The molecular formula is C25H22BrN3O5S. The van der Waals surface area contributed by atoms with E-state index in [0.29, 0.717) is 30.8 Å². The van der Waals surface area contributed by atoms with E-state index in [4.69, 9.17) is 4.74 Å². The van der Waals surface area contributed by atoms with Gasteiger partial charge in [0.15, 0.2) is 0 Å². The topological polar surface area (TPSA) is 96.9 Å². The van der Waals surface area contributed by atoms with Crippen LogP contribution >= 0.6 is 15.9 Å². The average Bonchev–Trinajstić information content (AvgIpc) is 3.44. The third-order valence-electron chi connectivity index (χ3n) is 6.20. The summed E-state index contributed by atoms with van der Waals surface area (Å²) in [5.74, 6) is -0.794. The molecule has 0 N–H and O–H groups in total. The minimum Gasteiger partial charge on any atom is -0.490 e. The van der Waals surface area contributed by atoms with Crippen LogP contribution < -0.4 is 9.64 Å². The molecule has 2 aliphatic heterocycles. The molecule has 0 spiro atoms. The first kappa shape index (κ1) is 23.7. The summed E-state index contributed by atoms with van der Waals surface area (Å²) in [7, 11) is -3.89. The normalized spacial score (nSPS) is 18.2. The van der Waals surface area contributed by atoms with Crippen LogP contribution in [0.2, 0.25) is 0 Å². The van der Waals surface area contributed by atoms with Crippen LogP contribution in [0.15, 0.2) is 76.4 Å². The van der Waals surface area contributed by atoms with Crippen molar-refractivity contribution in [3.05, 3.63) is 82.6 Å². The Morgan fingerprint density at radius 3 is 2.63 bits per heavy atom. The molecule has 8 nitrogen and oxygen atoms in total. The van der Waals surface area contributed by atoms with Gasteiger partial charge in [-0.05, 0) is 60.9 Å². The van der Waals surface area contributed by atoms with Crippen LogP contribution in [0, 0.1) is 0 Å². The van der Waals surface area contributed by atoms with Gasteiger partial charge >= 0.3 is 0 Å². The van der Waals surface area contributed by atoms with E-state index in [9.17, 15) is 18.0 Å². The van der Waals surface area contributed by atoms with Crippen molar-refractivity contribution >= 4 is 43.3 Å². The number of rotatable bonds is 7. The number of benzene rings is 2. The van der Waals surface area contributed by atoms with Crippen molar-refractivity contribution in [2.24, 2.45) is 0 Å². The van der Waals surface area contributed by atoms with Crippen LogP contribution in [0.1, 0.15) is 28.8 Å².